The van der Waals surface area contributed by atoms with E-state index in [0.717, 1.165) is 35.3 Å². The van der Waals surface area contributed by atoms with Gasteiger partial charge in [0.25, 0.3) is 5.91 Å². The Morgan fingerprint density at radius 2 is 1.97 bits per heavy atom. The summed E-state index contributed by atoms with van der Waals surface area (Å²) < 4.78 is 10.9. The Morgan fingerprint density at radius 1 is 1.14 bits per heavy atom. The molecule has 4 rings (SSSR count). The number of ether oxygens (including phenoxy) is 2. The third-order valence-electron chi connectivity index (χ3n) is 4.62. The number of amides is 1. The van der Waals surface area contributed by atoms with Crippen molar-refractivity contribution in [3.05, 3.63) is 64.9 Å². The topological polar surface area (TPSA) is 73.3 Å². The lowest BCUT2D eigenvalue weighted by atomic mass is 10.1. The van der Waals surface area contributed by atoms with Crippen molar-refractivity contribution in [2.75, 3.05) is 12.4 Å². The van der Waals surface area contributed by atoms with E-state index in [1.54, 1.807) is 18.3 Å². The minimum atomic E-state index is -0.282. The van der Waals surface area contributed by atoms with Gasteiger partial charge in [-0.15, -0.1) is 0 Å². The molecule has 7 heteroatoms. The molecule has 1 aliphatic carbocycles. The van der Waals surface area contributed by atoms with Crippen LogP contribution >= 0.6 is 11.6 Å². The van der Waals surface area contributed by atoms with Gasteiger partial charge in [0.1, 0.15) is 11.6 Å². The van der Waals surface area contributed by atoms with Crippen molar-refractivity contribution in [1.82, 2.24) is 9.97 Å². The quantitative estimate of drug-likeness (QED) is 0.626. The summed E-state index contributed by atoms with van der Waals surface area (Å²) in [5.74, 6) is 1.42. The molecule has 2 aromatic heterocycles. The Morgan fingerprint density at radius 3 is 2.62 bits per heavy atom. The van der Waals surface area contributed by atoms with Crippen LogP contribution in [0.1, 0.15) is 28.8 Å². The maximum Gasteiger partial charge on any atom is 0.258 e. The predicted molar refractivity (Wildman–Crippen MR) is 112 cm³/mol. The highest BCUT2D eigenvalue weighted by Gasteiger charge is 2.23. The summed E-state index contributed by atoms with van der Waals surface area (Å²) in [6.07, 6.45) is 5.67. The molecule has 6 nitrogen and oxygen atoms in total. The van der Waals surface area contributed by atoms with E-state index >= 15 is 0 Å². The molecular weight excluding hydrogens is 390 g/mol. The molecule has 2 heterocycles. The molecular formula is C22H20ClN3O3. The molecule has 1 aliphatic rings. The monoisotopic (exact) mass is 409 g/mol. The molecule has 1 saturated carbocycles. The molecule has 1 aromatic carbocycles. The van der Waals surface area contributed by atoms with E-state index < -0.39 is 0 Å². The second-order valence-corrected chi connectivity index (χ2v) is 7.29. The number of aromatic nitrogens is 2. The number of benzene rings is 1. The van der Waals surface area contributed by atoms with E-state index in [2.05, 4.69) is 15.3 Å². The van der Waals surface area contributed by atoms with Crippen molar-refractivity contribution in [2.45, 2.75) is 25.9 Å². The lowest BCUT2D eigenvalue weighted by molar-refractivity contribution is 0.102. The normalized spacial score (nSPS) is 13.1. The zero-order chi connectivity index (χ0) is 20.4. The molecule has 0 radical (unpaired) electrons. The first kappa shape index (κ1) is 19.2. The predicted octanol–water partition coefficient (Wildman–Crippen LogP) is 4.91. The summed E-state index contributed by atoms with van der Waals surface area (Å²) in [7, 11) is 1.53. The molecule has 0 saturated heterocycles. The Hall–Kier alpha value is -3.12. The van der Waals surface area contributed by atoms with Crippen LogP contribution in [-0.2, 0) is 0 Å². The second-order valence-electron chi connectivity index (χ2n) is 6.89. The second kappa shape index (κ2) is 8.09. The molecule has 0 aliphatic heterocycles. The number of nitrogens with one attached hydrogen (secondary N) is 1. The highest BCUT2D eigenvalue weighted by Crippen LogP contribution is 2.34. The molecule has 3 aromatic rings. The van der Waals surface area contributed by atoms with Crippen LogP contribution in [-0.4, -0.2) is 29.1 Å². The minimum Gasteiger partial charge on any atom is -0.490 e. The first-order valence-corrected chi connectivity index (χ1v) is 9.66. The highest BCUT2D eigenvalue weighted by atomic mass is 35.5. The van der Waals surface area contributed by atoms with Gasteiger partial charge in [0.15, 0.2) is 0 Å². The summed E-state index contributed by atoms with van der Waals surface area (Å²) in [5, 5.41) is 3.40. The fourth-order valence-electron chi connectivity index (χ4n) is 2.87. The van der Waals surface area contributed by atoms with E-state index in [0.29, 0.717) is 28.4 Å². The Labute approximate surface area is 173 Å². The van der Waals surface area contributed by atoms with Crippen LogP contribution in [0.3, 0.4) is 0 Å². The van der Waals surface area contributed by atoms with Gasteiger partial charge in [-0.1, -0.05) is 11.6 Å². The summed E-state index contributed by atoms with van der Waals surface area (Å²) in [5.41, 5.74) is 2.91. The maximum absolute atomic E-state index is 12.5. The van der Waals surface area contributed by atoms with Gasteiger partial charge in [-0.3, -0.25) is 4.79 Å². The average molecular weight is 410 g/mol. The first-order valence-electron chi connectivity index (χ1n) is 9.28. The fraction of sp³-hybridized carbons (Fsp3) is 0.227. The standard InChI is InChI=1S/C22H20ClN3O3/c1-13-9-21(28-2)25-12-18(13)22(27)26-20-8-3-14(11-24-20)17-10-16(6-7-19(17)23)29-15-4-5-15/h3,6-12,15H,4-5H2,1-2H3,(H,24,26,27). The first-order chi connectivity index (χ1) is 14.0. The number of carbonyl (C=O) groups excluding carboxylic acids is 1. The molecule has 0 unspecified atom stereocenters. The van der Waals surface area contributed by atoms with Crippen LogP contribution in [0, 0.1) is 6.92 Å². The van der Waals surface area contributed by atoms with Gasteiger partial charge in [0.2, 0.25) is 5.88 Å². The van der Waals surface area contributed by atoms with Gasteiger partial charge < -0.3 is 14.8 Å². The zero-order valence-electron chi connectivity index (χ0n) is 16.1. The minimum absolute atomic E-state index is 0.282. The zero-order valence-corrected chi connectivity index (χ0v) is 16.9. The lowest BCUT2D eigenvalue weighted by Crippen LogP contribution is -2.14. The smallest absolute Gasteiger partial charge is 0.258 e. The van der Waals surface area contributed by atoms with Crippen LogP contribution < -0.4 is 14.8 Å². The van der Waals surface area contributed by atoms with Gasteiger partial charge in [-0.25, -0.2) is 9.97 Å². The van der Waals surface area contributed by atoms with Crippen LogP contribution in [0.15, 0.2) is 48.8 Å². The molecule has 1 amide bonds. The summed E-state index contributed by atoms with van der Waals surface area (Å²) in [6, 6.07) is 10.9. The Kier molecular flexibility index (Phi) is 5.36. The number of carbonyl (C=O) groups is 1. The van der Waals surface area contributed by atoms with Gasteiger partial charge in [-0.2, -0.15) is 0 Å². The molecule has 0 bridgehead atoms. The van der Waals surface area contributed by atoms with E-state index in [-0.39, 0.29) is 5.91 Å². The molecule has 0 atom stereocenters. The number of methoxy groups -OCH3 is 1. The van der Waals surface area contributed by atoms with E-state index in [1.165, 1.54) is 13.3 Å². The van der Waals surface area contributed by atoms with Crippen LogP contribution in [0.4, 0.5) is 5.82 Å². The molecule has 1 fully saturated rings. The maximum atomic E-state index is 12.5. The summed E-state index contributed by atoms with van der Waals surface area (Å²) in [4.78, 5) is 21.0. The number of nitrogens with zero attached hydrogens (tertiary/aromatic N) is 2. The average Bonchev–Trinajstić information content (AvgIpc) is 3.54. The molecule has 29 heavy (non-hydrogen) atoms. The third-order valence-corrected chi connectivity index (χ3v) is 4.95. The van der Waals surface area contributed by atoms with Crippen molar-refractivity contribution >= 4 is 23.3 Å². The number of rotatable bonds is 6. The number of pyridine rings is 2. The summed E-state index contributed by atoms with van der Waals surface area (Å²) >= 11 is 6.36. The van der Waals surface area contributed by atoms with Crippen molar-refractivity contribution in [3.63, 3.8) is 0 Å². The van der Waals surface area contributed by atoms with Crippen LogP contribution in [0.5, 0.6) is 11.6 Å². The van der Waals surface area contributed by atoms with E-state index in [9.17, 15) is 4.79 Å². The van der Waals surface area contributed by atoms with Gasteiger partial charge in [0, 0.05) is 34.6 Å². The SMILES string of the molecule is COc1cc(C)c(C(=O)Nc2ccc(-c3cc(OC4CC4)ccc3Cl)cn2)cn1. The number of anilines is 1. The van der Waals surface area contributed by atoms with Gasteiger partial charge in [-0.05, 0) is 55.7 Å². The van der Waals surface area contributed by atoms with Crippen molar-refractivity contribution in [1.29, 1.82) is 0 Å². The number of aryl methyl sites for hydroxylation is 1. The van der Waals surface area contributed by atoms with E-state index in [4.69, 9.17) is 21.1 Å². The van der Waals surface area contributed by atoms with Crippen LogP contribution in [0.25, 0.3) is 11.1 Å². The Balaban J connectivity index is 1.50. The fourth-order valence-corrected chi connectivity index (χ4v) is 3.09. The van der Waals surface area contributed by atoms with Crippen LogP contribution in [0.2, 0.25) is 5.02 Å². The van der Waals surface area contributed by atoms with Crippen molar-refractivity contribution in [3.8, 4) is 22.8 Å². The van der Waals surface area contributed by atoms with Gasteiger partial charge in [0.05, 0.1) is 18.8 Å². The van der Waals surface area contributed by atoms with Gasteiger partial charge >= 0.3 is 0 Å². The number of halogens is 1. The van der Waals surface area contributed by atoms with Crippen molar-refractivity contribution in [2.24, 2.45) is 0 Å². The van der Waals surface area contributed by atoms with Crippen molar-refractivity contribution < 1.29 is 14.3 Å². The third kappa shape index (κ3) is 4.49. The molecule has 148 valence electrons. The molecule has 1 N–H and O–H groups in total. The lowest BCUT2D eigenvalue weighted by Gasteiger charge is -2.11. The number of hydrogen-bond donors (Lipinski definition) is 1. The summed E-state index contributed by atoms with van der Waals surface area (Å²) in [6.45, 7) is 1.83. The largest absolute Gasteiger partial charge is 0.490 e. The number of hydrogen-bond acceptors (Lipinski definition) is 5. The molecule has 0 spiro atoms. The Bertz CT molecular complexity index is 1050. The van der Waals surface area contributed by atoms with E-state index in [1.807, 2.05) is 31.2 Å². The highest BCUT2D eigenvalue weighted by molar-refractivity contribution is 6.33.